The summed E-state index contributed by atoms with van der Waals surface area (Å²) in [4.78, 5) is 14.1. The average molecular weight is 272 g/mol. The number of nitrogens with zero attached hydrogens (tertiary/aromatic N) is 2. The Morgan fingerprint density at radius 3 is 2.72 bits per heavy atom. The first-order chi connectivity index (χ1) is 8.56. The van der Waals surface area contributed by atoms with Crippen molar-refractivity contribution in [2.24, 2.45) is 0 Å². The standard InChI is InChI=1S/C11H14ClN3O3/c12-11-5-9(10(6-13-11)15(17)18)14-7-1-3-8(16)4-2-7/h5-8,16H,1-4H2,(H,13,14). The molecule has 0 radical (unpaired) electrons. The molecular formula is C11H14ClN3O3. The zero-order valence-electron chi connectivity index (χ0n) is 9.67. The summed E-state index contributed by atoms with van der Waals surface area (Å²) in [7, 11) is 0. The van der Waals surface area contributed by atoms with Crippen molar-refractivity contribution in [2.45, 2.75) is 37.8 Å². The Morgan fingerprint density at radius 2 is 2.11 bits per heavy atom. The van der Waals surface area contributed by atoms with Crippen molar-refractivity contribution in [1.82, 2.24) is 4.98 Å². The summed E-state index contributed by atoms with van der Waals surface area (Å²) in [5.74, 6) is 0. The first-order valence-electron chi connectivity index (χ1n) is 5.81. The Kier molecular flexibility index (Phi) is 3.98. The molecule has 18 heavy (non-hydrogen) atoms. The monoisotopic (exact) mass is 271 g/mol. The molecule has 2 N–H and O–H groups in total. The van der Waals surface area contributed by atoms with Gasteiger partial charge in [-0.1, -0.05) is 11.6 Å². The Morgan fingerprint density at radius 1 is 1.44 bits per heavy atom. The number of rotatable bonds is 3. The van der Waals surface area contributed by atoms with Gasteiger partial charge in [0, 0.05) is 12.1 Å². The summed E-state index contributed by atoms with van der Waals surface area (Å²) in [6, 6.07) is 1.59. The van der Waals surface area contributed by atoms with E-state index in [0.29, 0.717) is 18.5 Å². The number of nitrogens with one attached hydrogen (secondary N) is 1. The number of aliphatic hydroxyl groups excluding tert-OH is 1. The van der Waals surface area contributed by atoms with Gasteiger partial charge in [-0.3, -0.25) is 10.1 Å². The number of halogens is 1. The lowest BCUT2D eigenvalue weighted by Crippen LogP contribution is -2.28. The molecule has 1 heterocycles. The number of hydrogen-bond donors (Lipinski definition) is 2. The second-order valence-corrected chi connectivity index (χ2v) is 4.82. The van der Waals surface area contributed by atoms with Crippen molar-refractivity contribution < 1.29 is 10.0 Å². The zero-order valence-corrected chi connectivity index (χ0v) is 10.4. The number of pyridine rings is 1. The van der Waals surface area contributed by atoms with Gasteiger partial charge in [-0.25, -0.2) is 4.98 Å². The molecule has 1 aliphatic carbocycles. The molecule has 1 aromatic heterocycles. The third-order valence-corrected chi connectivity index (χ3v) is 3.31. The van der Waals surface area contributed by atoms with Crippen molar-refractivity contribution in [3.05, 3.63) is 27.5 Å². The van der Waals surface area contributed by atoms with Gasteiger partial charge in [-0.2, -0.15) is 0 Å². The van der Waals surface area contributed by atoms with Crippen molar-refractivity contribution in [1.29, 1.82) is 0 Å². The highest BCUT2D eigenvalue weighted by atomic mass is 35.5. The van der Waals surface area contributed by atoms with Crippen LogP contribution in [0.1, 0.15) is 25.7 Å². The predicted octanol–water partition coefficient (Wildman–Crippen LogP) is 2.36. The van der Waals surface area contributed by atoms with Crippen LogP contribution in [-0.2, 0) is 0 Å². The van der Waals surface area contributed by atoms with Gasteiger partial charge in [0.15, 0.2) is 0 Å². The van der Waals surface area contributed by atoms with Crippen molar-refractivity contribution in [3.63, 3.8) is 0 Å². The molecule has 1 aliphatic rings. The van der Waals surface area contributed by atoms with Gasteiger partial charge in [-0.05, 0) is 25.7 Å². The molecule has 0 spiro atoms. The van der Waals surface area contributed by atoms with E-state index in [-0.39, 0.29) is 23.0 Å². The van der Waals surface area contributed by atoms with E-state index in [1.807, 2.05) is 0 Å². The van der Waals surface area contributed by atoms with Gasteiger partial charge in [0.05, 0.1) is 11.0 Å². The summed E-state index contributed by atoms with van der Waals surface area (Å²) < 4.78 is 0. The molecule has 1 aromatic rings. The van der Waals surface area contributed by atoms with E-state index in [1.165, 1.54) is 6.07 Å². The quantitative estimate of drug-likeness (QED) is 0.500. The maximum absolute atomic E-state index is 10.9. The van der Waals surface area contributed by atoms with E-state index in [9.17, 15) is 15.2 Å². The minimum absolute atomic E-state index is 0.0782. The van der Waals surface area contributed by atoms with E-state index in [4.69, 9.17) is 11.6 Å². The van der Waals surface area contributed by atoms with E-state index in [2.05, 4.69) is 10.3 Å². The van der Waals surface area contributed by atoms with Gasteiger partial charge in [0.25, 0.3) is 0 Å². The Balaban J connectivity index is 2.12. The highest BCUT2D eigenvalue weighted by Crippen LogP contribution is 2.29. The minimum atomic E-state index is -0.483. The van der Waals surface area contributed by atoms with E-state index >= 15 is 0 Å². The molecule has 7 heteroatoms. The van der Waals surface area contributed by atoms with Crippen LogP contribution in [0.3, 0.4) is 0 Å². The first-order valence-corrected chi connectivity index (χ1v) is 6.18. The Labute approximate surface area is 109 Å². The predicted molar refractivity (Wildman–Crippen MR) is 67.8 cm³/mol. The van der Waals surface area contributed by atoms with Crippen LogP contribution in [0.25, 0.3) is 0 Å². The second-order valence-electron chi connectivity index (χ2n) is 4.43. The summed E-state index contributed by atoms with van der Waals surface area (Å²) in [6.07, 6.45) is 3.91. The Bertz CT molecular complexity index is 447. The van der Waals surface area contributed by atoms with Crippen molar-refractivity contribution in [2.75, 3.05) is 5.32 Å². The molecule has 0 saturated heterocycles. The number of hydrogen-bond acceptors (Lipinski definition) is 5. The van der Waals surface area contributed by atoms with Crippen molar-refractivity contribution in [3.8, 4) is 0 Å². The number of nitro groups is 1. The van der Waals surface area contributed by atoms with Crippen LogP contribution in [0.4, 0.5) is 11.4 Å². The number of aromatic nitrogens is 1. The average Bonchev–Trinajstić information content (AvgIpc) is 2.32. The van der Waals surface area contributed by atoms with Gasteiger partial charge < -0.3 is 10.4 Å². The number of aliphatic hydroxyl groups is 1. The fourth-order valence-electron chi connectivity index (χ4n) is 2.12. The molecule has 2 rings (SSSR count). The van der Waals surface area contributed by atoms with Gasteiger partial charge in [-0.15, -0.1) is 0 Å². The smallest absolute Gasteiger partial charge is 0.310 e. The Hall–Kier alpha value is -1.40. The molecular weight excluding hydrogens is 258 g/mol. The minimum Gasteiger partial charge on any atom is -0.393 e. The largest absolute Gasteiger partial charge is 0.393 e. The van der Waals surface area contributed by atoms with Gasteiger partial charge in [0.1, 0.15) is 17.0 Å². The summed E-state index contributed by atoms with van der Waals surface area (Å²) in [6.45, 7) is 0. The maximum atomic E-state index is 10.9. The SMILES string of the molecule is O=[N+]([O-])c1cnc(Cl)cc1NC1CCC(O)CC1. The van der Waals surface area contributed by atoms with Crippen molar-refractivity contribution >= 4 is 23.0 Å². The van der Waals surface area contributed by atoms with E-state index in [1.54, 1.807) is 0 Å². The highest BCUT2D eigenvalue weighted by molar-refractivity contribution is 6.29. The molecule has 0 bridgehead atoms. The second kappa shape index (κ2) is 5.49. The fourth-order valence-corrected chi connectivity index (χ4v) is 2.28. The summed E-state index contributed by atoms with van der Waals surface area (Å²) >= 11 is 5.75. The zero-order chi connectivity index (χ0) is 13.1. The third-order valence-electron chi connectivity index (χ3n) is 3.10. The van der Waals surface area contributed by atoms with Crippen LogP contribution in [0.2, 0.25) is 5.15 Å². The maximum Gasteiger partial charge on any atom is 0.310 e. The van der Waals surface area contributed by atoms with Crippen LogP contribution < -0.4 is 5.32 Å². The molecule has 98 valence electrons. The van der Waals surface area contributed by atoms with Crippen LogP contribution >= 0.6 is 11.6 Å². The molecule has 0 atom stereocenters. The van der Waals surface area contributed by atoms with Gasteiger partial charge >= 0.3 is 5.69 Å². The fraction of sp³-hybridized carbons (Fsp3) is 0.545. The van der Waals surface area contributed by atoms with Gasteiger partial charge in [0.2, 0.25) is 0 Å². The lowest BCUT2D eigenvalue weighted by atomic mass is 9.93. The summed E-state index contributed by atoms with van der Waals surface area (Å²) in [5.41, 5.74) is 0.312. The van der Waals surface area contributed by atoms with E-state index in [0.717, 1.165) is 19.0 Å². The molecule has 0 aliphatic heterocycles. The molecule has 6 nitrogen and oxygen atoms in total. The summed E-state index contributed by atoms with van der Waals surface area (Å²) in [5, 5.41) is 23.6. The van der Waals surface area contributed by atoms with Crippen LogP contribution in [0.5, 0.6) is 0 Å². The van der Waals surface area contributed by atoms with Crippen LogP contribution in [0.15, 0.2) is 12.3 Å². The normalized spacial score (nSPS) is 23.7. The molecule has 1 saturated carbocycles. The number of anilines is 1. The third kappa shape index (κ3) is 3.08. The van der Waals surface area contributed by atoms with Crippen LogP contribution in [0, 0.1) is 10.1 Å². The van der Waals surface area contributed by atoms with E-state index < -0.39 is 4.92 Å². The lowest BCUT2D eigenvalue weighted by molar-refractivity contribution is -0.384. The molecule has 0 amide bonds. The lowest BCUT2D eigenvalue weighted by Gasteiger charge is -2.26. The van der Waals surface area contributed by atoms with Crippen LogP contribution in [-0.4, -0.2) is 27.2 Å². The molecule has 0 unspecified atom stereocenters. The first kappa shape index (κ1) is 13.0. The molecule has 1 fully saturated rings. The molecule has 0 aromatic carbocycles. The topological polar surface area (TPSA) is 88.3 Å². The highest BCUT2D eigenvalue weighted by Gasteiger charge is 2.22.